The summed E-state index contributed by atoms with van der Waals surface area (Å²) in [5, 5.41) is 0.206. The third-order valence-electron chi connectivity index (χ3n) is 2.61. The van der Waals surface area contributed by atoms with Crippen LogP contribution in [0.4, 0.5) is 0 Å². The molecule has 21 heavy (non-hydrogen) atoms. The van der Waals surface area contributed by atoms with Gasteiger partial charge < -0.3 is 17.2 Å². The molecule has 1 aliphatic rings. The molecular weight excluding hydrogens is 282 g/mol. The molecule has 124 valence electrons. The van der Waals surface area contributed by atoms with Crippen LogP contribution in [-0.4, -0.2) is 0 Å². The van der Waals surface area contributed by atoms with Gasteiger partial charge in [0.25, 0.3) is 0 Å². The molecule has 0 fully saturated rings. The summed E-state index contributed by atoms with van der Waals surface area (Å²) in [6.07, 6.45) is 6.98. The van der Waals surface area contributed by atoms with Crippen molar-refractivity contribution in [3.05, 3.63) is 34.3 Å². The fraction of sp³-hybridized carbons (Fsp3) is 0.647. The fourth-order valence-corrected chi connectivity index (χ4v) is 1.82. The van der Waals surface area contributed by atoms with E-state index in [-0.39, 0.29) is 11.0 Å². The Morgan fingerprint density at radius 1 is 1.24 bits per heavy atom. The van der Waals surface area contributed by atoms with Gasteiger partial charge in [0.2, 0.25) is 0 Å². The summed E-state index contributed by atoms with van der Waals surface area (Å²) in [5.41, 5.74) is 18.6. The van der Waals surface area contributed by atoms with Crippen LogP contribution in [0.3, 0.4) is 0 Å². The lowest BCUT2D eigenvalue weighted by atomic mass is 9.87. The van der Waals surface area contributed by atoms with Crippen LogP contribution in [0.2, 0.25) is 0 Å². The van der Waals surface area contributed by atoms with Gasteiger partial charge in [-0.15, -0.1) is 0 Å². The Kier molecular flexibility index (Phi) is 13.4. The minimum Gasteiger partial charge on any atom is -0.389 e. The minimum atomic E-state index is 0.206. The second-order valence-corrected chi connectivity index (χ2v) is 6.18. The van der Waals surface area contributed by atoms with Crippen LogP contribution in [-0.2, 0) is 0 Å². The number of halogens is 1. The zero-order valence-electron chi connectivity index (χ0n) is 14.5. The number of allylic oxidation sites excluding steroid dienone is 4. The maximum Gasteiger partial charge on any atom is 0.101 e. The molecule has 0 aromatic rings. The van der Waals surface area contributed by atoms with E-state index < -0.39 is 0 Å². The summed E-state index contributed by atoms with van der Waals surface area (Å²) < 4.78 is 0. The van der Waals surface area contributed by atoms with Crippen molar-refractivity contribution in [1.82, 2.24) is 0 Å². The van der Waals surface area contributed by atoms with Gasteiger partial charge in [-0.1, -0.05) is 59.2 Å². The lowest BCUT2D eigenvalue weighted by Gasteiger charge is -2.19. The molecule has 0 heterocycles. The lowest BCUT2D eigenvalue weighted by molar-refractivity contribution is 0.516. The van der Waals surface area contributed by atoms with E-state index in [1.165, 1.54) is 0 Å². The molecule has 1 unspecified atom stereocenters. The first-order valence-corrected chi connectivity index (χ1v) is 8.19. The van der Waals surface area contributed by atoms with Crippen LogP contribution in [0, 0.1) is 11.8 Å². The fourth-order valence-electron chi connectivity index (χ4n) is 1.71. The van der Waals surface area contributed by atoms with Gasteiger partial charge in [-0.2, -0.15) is 0 Å². The molecular formula is C17H34ClN3. The summed E-state index contributed by atoms with van der Waals surface area (Å²) >= 11 is 5.63. The van der Waals surface area contributed by atoms with E-state index in [4.69, 9.17) is 28.8 Å². The molecule has 0 aromatic heterocycles. The average Bonchev–Trinajstić information content (AvgIpc) is 2.38. The summed E-state index contributed by atoms with van der Waals surface area (Å²) in [4.78, 5) is 0. The predicted octanol–water partition coefficient (Wildman–Crippen LogP) is 4.59. The van der Waals surface area contributed by atoms with Crippen LogP contribution in [0.25, 0.3) is 0 Å². The first kappa shape index (κ1) is 22.2. The van der Waals surface area contributed by atoms with Crippen molar-refractivity contribution < 1.29 is 0 Å². The Balaban J connectivity index is 0. The second-order valence-electron chi connectivity index (χ2n) is 5.74. The van der Waals surface area contributed by atoms with Crippen molar-refractivity contribution in [1.29, 1.82) is 0 Å². The summed E-state index contributed by atoms with van der Waals surface area (Å²) in [6.45, 7) is 12.7. The molecule has 1 atom stereocenters. The van der Waals surface area contributed by atoms with Crippen LogP contribution in [0.5, 0.6) is 0 Å². The molecule has 0 amide bonds. The predicted molar refractivity (Wildman–Crippen MR) is 96.5 cm³/mol. The van der Waals surface area contributed by atoms with Gasteiger partial charge in [0, 0.05) is 5.57 Å². The second kappa shape index (κ2) is 12.6. The number of nitrogens with two attached hydrogens (primary N) is 3. The molecule has 0 saturated heterocycles. The first-order chi connectivity index (χ1) is 9.73. The molecule has 6 N–H and O–H groups in total. The van der Waals surface area contributed by atoms with Gasteiger partial charge >= 0.3 is 0 Å². The molecule has 4 heteroatoms. The Morgan fingerprint density at radius 3 is 2.00 bits per heavy atom. The third kappa shape index (κ3) is 12.4. The van der Waals surface area contributed by atoms with E-state index >= 15 is 0 Å². The summed E-state index contributed by atoms with van der Waals surface area (Å²) in [7, 11) is 0. The molecule has 0 aromatic carbocycles. The van der Waals surface area contributed by atoms with Crippen molar-refractivity contribution in [2.24, 2.45) is 29.0 Å². The zero-order valence-corrected chi connectivity index (χ0v) is 15.3. The van der Waals surface area contributed by atoms with Gasteiger partial charge in [0.15, 0.2) is 0 Å². The normalized spacial score (nSPS) is 17.8. The van der Waals surface area contributed by atoms with Crippen molar-refractivity contribution >= 4 is 11.6 Å². The van der Waals surface area contributed by atoms with E-state index in [1.54, 1.807) is 6.08 Å². The monoisotopic (exact) mass is 315 g/mol. The molecule has 1 aliphatic carbocycles. The Hall–Kier alpha value is -1.09. The SMILES string of the molecule is CC.CC(C)C.CC1CC=C(C(/C=C(\N)Cl)=C(N)N)CC1. The molecule has 3 nitrogen and oxygen atoms in total. The van der Waals surface area contributed by atoms with Gasteiger partial charge in [-0.3, -0.25) is 0 Å². The number of rotatable bonds is 2. The van der Waals surface area contributed by atoms with Gasteiger partial charge in [0.1, 0.15) is 5.82 Å². The minimum absolute atomic E-state index is 0.206. The molecule has 0 saturated carbocycles. The highest BCUT2D eigenvalue weighted by atomic mass is 35.5. The van der Waals surface area contributed by atoms with E-state index in [0.717, 1.165) is 42.2 Å². The Morgan fingerprint density at radius 2 is 1.71 bits per heavy atom. The zero-order chi connectivity index (χ0) is 17.0. The van der Waals surface area contributed by atoms with Gasteiger partial charge in [-0.25, -0.2) is 0 Å². The van der Waals surface area contributed by atoms with E-state index in [2.05, 4.69) is 33.8 Å². The Labute approximate surface area is 136 Å². The third-order valence-corrected chi connectivity index (χ3v) is 2.72. The molecule has 0 bridgehead atoms. The molecule has 0 aliphatic heterocycles. The maximum atomic E-state index is 5.63. The van der Waals surface area contributed by atoms with E-state index in [9.17, 15) is 0 Å². The summed E-state index contributed by atoms with van der Waals surface area (Å²) in [5.74, 6) is 1.84. The highest BCUT2D eigenvalue weighted by Gasteiger charge is 2.13. The van der Waals surface area contributed by atoms with Crippen LogP contribution >= 0.6 is 11.6 Å². The van der Waals surface area contributed by atoms with Crippen molar-refractivity contribution in [3.8, 4) is 0 Å². The number of hydrogen-bond acceptors (Lipinski definition) is 3. The van der Waals surface area contributed by atoms with Crippen molar-refractivity contribution in [2.45, 2.75) is 60.8 Å². The summed E-state index contributed by atoms with van der Waals surface area (Å²) in [6, 6.07) is 0. The van der Waals surface area contributed by atoms with Crippen LogP contribution in [0.15, 0.2) is 34.3 Å². The number of hydrogen-bond donors (Lipinski definition) is 3. The van der Waals surface area contributed by atoms with E-state index in [0.29, 0.717) is 0 Å². The standard InChI is InChI=1S/C11H18ClN3.C4H10.C2H6/c1-7-2-4-8(5-3-7)9(11(14)15)6-10(12)13;1-4(2)3;1-2/h4,6-7H,2-3,5,13-15H2,1H3;4H,1-3H3;1-2H3/b10-6-;;. The Bertz CT molecular complexity index is 357. The smallest absolute Gasteiger partial charge is 0.101 e. The quantitative estimate of drug-likeness (QED) is 0.515. The van der Waals surface area contributed by atoms with E-state index in [1.807, 2.05) is 13.8 Å². The highest BCUT2D eigenvalue weighted by Crippen LogP contribution is 2.28. The molecule has 1 rings (SSSR count). The lowest BCUT2D eigenvalue weighted by Crippen LogP contribution is -2.15. The van der Waals surface area contributed by atoms with Crippen molar-refractivity contribution in [3.63, 3.8) is 0 Å². The maximum absolute atomic E-state index is 5.63. The first-order valence-electron chi connectivity index (χ1n) is 7.81. The average molecular weight is 316 g/mol. The van der Waals surface area contributed by atoms with Crippen LogP contribution in [0.1, 0.15) is 60.8 Å². The topological polar surface area (TPSA) is 78.1 Å². The van der Waals surface area contributed by atoms with Gasteiger partial charge in [0.05, 0.1) is 5.16 Å². The highest BCUT2D eigenvalue weighted by molar-refractivity contribution is 6.29. The largest absolute Gasteiger partial charge is 0.389 e. The van der Waals surface area contributed by atoms with Gasteiger partial charge in [-0.05, 0) is 42.7 Å². The van der Waals surface area contributed by atoms with Crippen molar-refractivity contribution in [2.75, 3.05) is 0 Å². The van der Waals surface area contributed by atoms with Crippen LogP contribution < -0.4 is 17.2 Å². The molecule has 0 radical (unpaired) electrons. The molecule has 0 spiro atoms.